The smallest absolute Gasteiger partial charge is 0.287 e. The summed E-state index contributed by atoms with van der Waals surface area (Å²) in [4.78, 5) is 12.6. The second kappa shape index (κ2) is 6.52. The van der Waals surface area contributed by atoms with Gasteiger partial charge in [-0.1, -0.05) is 17.7 Å². The summed E-state index contributed by atoms with van der Waals surface area (Å²) in [6.07, 6.45) is 2.32. The van der Waals surface area contributed by atoms with E-state index in [1.165, 1.54) is 12.5 Å². The number of nitro benzene ring substituents is 1. The molecular weight excluding hydrogens is 278 g/mol. The molecule has 0 aliphatic carbocycles. The summed E-state index contributed by atoms with van der Waals surface area (Å²) >= 11 is 5.94. The van der Waals surface area contributed by atoms with E-state index in [1.807, 2.05) is 0 Å². The van der Waals surface area contributed by atoms with E-state index in [-0.39, 0.29) is 16.8 Å². The van der Waals surface area contributed by atoms with Crippen LogP contribution in [0.4, 0.5) is 5.69 Å². The van der Waals surface area contributed by atoms with E-state index in [2.05, 4.69) is 11.8 Å². The van der Waals surface area contributed by atoms with Crippen molar-refractivity contribution in [1.29, 1.82) is 0 Å². The first-order chi connectivity index (χ1) is 9.47. The average molecular weight is 298 g/mol. The quantitative estimate of drug-likeness (QED) is 0.685. The highest BCUT2D eigenvalue weighted by molar-refractivity contribution is 6.32. The predicted octanol–water partition coefficient (Wildman–Crippen LogP) is 2.81. The largest absolute Gasteiger partial charge is 0.328 e. The molecule has 2 rings (SSSR count). The highest BCUT2D eigenvalue weighted by atomic mass is 35.5. The molecule has 0 saturated carbocycles. The molecule has 20 heavy (non-hydrogen) atoms. The summed E-state index contributed by atoms with van der Waals surface area (Å²) in [5.41, 5.74) is 6.94. The van der Waals surface area contributed by atoms with Crippen molar-refractivity contribution >= 4 is 17.3 Å². The van der Waals surface area contributed by atoms with E-state index in [4.69, 9.17) is 17.3 Å². The molecule has 110 valence electrons. The third-order valence-corrected chi connectivity index (χ3v) is 4.20. The molecule has 5 nitrogen and oxygen atoms in total. The number of rotatable bonds is 4. The van der Waals surface area contributed by atoms with Crippen molar-refractivity contribution in [2.45, 2.75) is 32.4 Å². The van der Waals surface area contributed by atoms with Gasteiger partial charge in [0, 0.05) is 25.2 Å². The maximum absolute atomic E-state index is 10.7. The first-order valence-corrected chi connectivity index (χ1v) is 7.26. The highest BCUT2D eigenvalue weighted by Crippen LogP contribution is 2.26. The number of benzene rings is 1. The highest BCUT2D eigenvalue weighted by Gasteiger charge is 2.23. The molecule has 1 aliphatic rings. The molecule has 2 unspecified atom stereocenters. The number of piperidine rings is 1. The van der Waals surface area contributed by atoms with Gasteiger partial charge < -0.3 is 5.73 Å². The second-order valence-electron chi connectivity index (χ2n) is 5.54. The molecule has 0 amide bonds. The lowest BCUT2D eigenvalue weighted by atomic mass is 9.92. The lowest BCUT2D eigenvalue weighted by Gasteiger charge is -2.34. The van der Waals surface area contributed by atoms with Crippen molar-refractivity contribution < 1.29 is 4.92 Å². The number of likely N-dealkylation sites (tertiary alicyclic amines) is 1. The topological polar surface area (TPSA) is 72.4 Å². The van der Waals surface area contributed by atoms with E-state index in [0.29, 0.717) is 5.92 Å². The van der Waals surface area contributed by atoms with Gasteiger partial charge in [0.1, 0.15) is 5.02 Å². The van der Waals surface area contributed by atoms with Crippen LogP contribution in [0.3, 0.4) is 0 Å². The molecule has 1 aromatic carbocycles. The van der Waals surface area contributed by atoms with Gasteiger partial charge in [-0.15, -0.1) is 0 Å². The first-order valence-electron chi connectivity index (χ1n) is 6.88. The maximum Gasteiger partial charge on any atom is 0.287 e. The third-order valence-electron chi connectivity index (χ3n) is 3.90. The molecule has 6 heteroatoms. The van der Waals surface area contributed by atoms with Crippen LogP contribution in [0.1, 0.15) is 25.3 Å². The molecule has 0 spiro atoms. The Morgan fingerprint density at radius 1 is 1.60 bits per heavy atom. The number of nitro groups is 1. The Hall–Kier alpha value is -1.17. The molecular formula is C14H20ClN3O2. The van der Waals surface area contributed by atoms with Gasteiger partial charge in [0.05, 0.1) is 4.92 Å². The third kappa shape index (κ3) is 3.69. The number of nitrogens with zero attached hydrogens (tertiary/aromatic N) is 2. The van der Waals surface area contributed by atoms with Gasteiger partial charge in [-0.3, -0.25) is 15.0 Å². The molecule has 2 N–H and O–H groups in total. The first kappa shape index (κ1) is 15.2. The Labute approximate surface area is 123 Å². The summed E-state index contributed by atoms with van der Waals surface area (Å²) in [7, 11) is 0. The van der Waals surface area contributed by atoms with Crippen molar-refractivity contribution in [1.82, 2.24) is 4.90 Å². The molecule has 0 bridgehead atoms. The average Bonchev–Trinajstić information content (AvgIpc) is 2.38. The van der Waals surface area contributed by atoms with Crippen LogP contribution in [0.15, 0.2) is 18.2 Å². The van der Waals surface area contributed by atoms with Crippen LogP contribution < -0.4 is 5.73 Å². The number of halogens is 1. The van der Waals surface area contributed by atoms with Crippen molar-refractivity contribution in [3.8, 4) is 0 Å². The van der Waals surface area contributed by atoms with Crippen LogP contribution >= 0.6 is 11.6 Å². The molecule has 1 heterocycles. The maximum atomic E-state index is 10.7. The zero-order valence-electron chi connectivity index (χ0n) is 11.6. The van der Waals surface area contributed by atoms with Crippen molar-refractivity contribution in [2.24, 2.45) is 11.7 Å². The van der Waals surface area contributed by atoms with E-state index >= 15 is 0 Å². The van der Waals surface area contributed by atoms with Gasteiger partial charge in [-0.05, 0) is 43.9 Å². The van der Waals surface area contributed by atoms with E-state index in [9.17, 15) is 10.1 Å². The van der Waals surface area contributed by atoms with Crippen LogP contribution in [-0.2, 0) is 6.54 Å². The van der Waals surface area contributed by atoms with Gasteiger partial charge in [-0.2, -0.15) is 0 Å². The zero-order valence-corrected chi connectivity index (χ0v) is 12.3. The van der Waals surface area contributed by atoms with E-state index in [0.717, 1.165) is 31.6 Å². The fourth-order valence-electron chi connectivity index (χ4n) is 2.72. The Morgan fingerprint density at radius 2 is 2.35 bits per heavy atom. The standard InChI is InChI=1S/C14H20ClN3O2/c1-10(16)12-3-2-6-17(9-12)8-11-4-5-14(18(19)20)13(15)7-11/h4-5,7,10,12H,2-3,6,8-9,16H2,1H3. The minimum atomic E-state index is -0.459. The van der Waals surface area contributed by atoms with Crippen molar-refractivity contribution in [3.05, 3.63) is 38.9 Å². The number of hydrogen-bond donors (Lipinski definition) is 1. The molecule has 1 fully saturated rings. The van der Waals surface area contributed by atoms with Crippen LogP contribution in [0.25, 0.3) is 0 Å². The summed E-state index contributed by atoms with van der Waals surface area (Å²) in [6.45, 7) is 4.84. The lowest BCUT2D eigenvalue weighted by Crippen LogP contribution is -2.41. The van der Waals surface area contributed by atoms with Crippen LogP contribution in [0.5, 0.6) is 0 Å². The molecule has 1 aliphatic heterocycles. The summed E-state index contributed by atoms with van der Waals surface area (Å²) < 4.78 is 0. The van der Waals surface area contributed by atoms with E-state index in [1.54, 1.807) is 12.1 Å². The number of nitrogens with two attached hydrogens (primary N) is 1. The van der Waals surface area contributed by atoms with Gasteiger partial charge in [0.15, 0.2) is 0 Å². The fourth-order valence-corrected chi connectivity index (χ4v) is 2.99. The van der Waals surface area contributed by atoms with Gasteiger partial charge >= 0.3 is 0 Å². The number of hydrogen-bond acceptors (Lipinski definition) is 4. The Balaban J connectivity index is 2.03. The monoisotopic (exact) mass is 297 g/mol. The van der Waals surface area contributed by atoms with Gasteiger partial charge in [0.25, 0.3) is 5.69 Å². The second-order valence-corrected chi connectivity index (χ2v) is 5.95. The Bertz CT molecular complexity index is 493. The molecule has 0 aromatic heterocycles. The summed E-state index contributed by atoms with van der Waals surface area (Å²) in [5, 5.41) is 10.9. The zero-order chi connectivity index (χ0) is 14.7. The van der Waals surface area contributed by atoms with Crippen LogP contribution in [0, 0.1) is 16.0 Å². The SMILES string of the molecule is CC(N)C1CCCN(Cc2ccc([N+](=O)[O-])c(Cl)c2)C1. The minimum absolute atomic E-state index is 0.0393. The van der Waals surface area contributed by atoms with E-state index < -0.39 is 4.92 Å². The predicted molar refractivity (Wildman–Crippen MR) is 79.8 cm³/mol. The lowest BCUT2D eigenvalue weighted by molar-refractivity contribution is -0.384. The van der Waals surface area contributed by atoms with Crippen LogP contribution in [0.2, 0.25) is 5.02 Å². The molecule has 1 saturated heterocycles. The van der Waals surface area contributed by atoms with Crippen molar-refractivity contribution in [3.63, 3.8) is 0 Å². The van der Waals surface area contributed by atoms with Gasteiger partial charge in [0.2, 0.25) is 0 Å². The van der Waals surface area contributed by atoms with Crippen molar-refractivity contribution in [2.75, 3.05) is 13.1 Å². The van der Waals surface area contributed by atoms with Gasteiger partial charge in [-0.25, -0.2) is 0 Å². The summed E-state index contributed by atoms with van der Waals surface area (Å²) in [5.74, 6) is 0.525. The molecule has 1 aromatic rings. The van der Waals surface area contributed by atoms with Crippen LogP contribution in [-0.4, -0.2) is 29.0 Å². The Morgan fingerprint density at radius 3 is 2.95 bits per heavy atom. The molecule has 2 atom stereocenters. The Kier molecular flexibility index (Phi) is 4.96. The minimum Gasteiger partial charge on any atom is -0.328 e. The normalized spacial score (nSPS) is 21.6. The molecule has 0 radical (unpaired) electrons. The fraction of sp³-hybridized carbons (Fsp3) is 0.571. The summed E-state index contributed by atoms with van der Waals surface area (Å²) in [6, 6.07) is 5.15.